The summed E-state index contributed by atoms with van der Waals surface area (Å²) in [7, 11) is 0. The van der Waals surface area contributed by atoms with E-state index in [0.29, 0.717) is 17.9 Å². The van der Waals surface area contributed by atoms with Crippen molar-refractivity contribution in [3.63, 3.8) is 0 Å². The number of benzene rings is 2. The quantitative estimate of drug-likeness (QED) is 0.533. The zero-order valence-corrected chi connectivity index (χ0v) is 15.9. The van der Waals surface area contributed by atoms with Crippen molar-refractivity contribution < 1.29 is 13.9 Å². The molecule has 0 radical (unpaired) electrons. The first-order chi connectivity index (χ1) is 13.2. The Morgan fingerprint density at radius 2 is 2.19 bits per heavy atom. The van der Waals surface area contributed by atoms with Crippen molar-refractivity contribution in [2.75, 3.05) is 11.9 Å². The third-order valence-corrected chi connectivity index (χ3v) is 4.76. The van der Waals surface area contributed by atoms with E-state index < -0.39 is 5.82 Å². The summed E-state index contributed by atoms with van der Waals surface area (Å²) < 4.78 is 21.0. The maximum atomic E-state index is 14.6. The van der Waals surface area contributed by atoms with Gasteiger partial charge in [-0.05, 0) is 30.7 Å². The van der Waals surface area contributed by atoms with E-state index in [0.717, 1.165) is 23.1 Å². The molecule has 1 amide bonds. The average Bonchev–Trinajstić information content (AvgIpc) is 3.12. The molecular formula is C21H21FN2O2S. The Kier molecular flexibility index (Phi) is 6.54. The molecule has 0 aliphatic rings. The second-order valence-corrected chi connectivity index (χ2v) is 6.95. The van der Waals surface area contributed by atoms with E-state index in [1.54, 1.807) is 29.8 Å². The van der Waals surface area contributed by atoms with Gasteiger partial charge in [-0.2, -0.15) is 0 Å². The lowest BCUT2D eigenvalue weighted by atomic mass is 10.1. The fourth-order valence-electron chi connectivity index (χ4n) is 2.61. The number of halogens is 1. The van der Waals surface area contributed by atoms with Crippen LogP contribution < -0.4 is 10.1 Å². The Hall–Kier alpha value is -2.73. The normalized spacial score (nSPS) is 11.2. The molecule has 0 saturated carbocycles. The number of nitrogens with zero attached hydrogens (tertiary/aromatic N) is 1. The molecule has 140 valence electrons. The first kappa shape index (κ1) is 19.0. The Balaban J connectivity index is 1.62. The third-order valence-electron chi connectivity index (χ3n) is 3.97. The monoisotopic (exact) mass is 384 g/mol. The Morgan fingerprint density at radius 1 is 1.30 bits per heavy atom. The Morgan fingerprint density at radius 3 is 3.04 bits per heavy atom. The number of allylic oxidation sites excluding steroid dienone is 1. The first-order valence-electron chi connectivity index (χ1n) is 8.85. The standard InChI is InChI=1S/C21H21FN2O2S/c1-2-3-4-5-11-26-18-8-6-7-15(21(18)22)12-20(25)24-16-9-10-17-19(13-16)27-14-23-17/h4-10,13-14H,2-3,11-12H2,1H3,(H,24,25). The zero-order chi connectivity index (χ0) is 19.1. The molecule has 2 aromatic carbocycles. The topological polar surface area (TPSA) is 51.2 Å². The predicted molar refractivity (Wildman–Crippen MR) is 108 cm³/mol. The maximum Gasteiger partial charge on any atom is 0.228 e. The number of unbranched alkanes of at least 4 members (excludes halogenated alkanes) is 1. The third kappa shape index (κ3) is 5.14. The molecule has 0 aliphatic carbocycles. The van der Waals surface area contributed by atoms with Gasteiger partial charge in [0.1, 0.15) is 6.61 Å². The number of anilines is 1. The van der Waals surface area contributed by atoms with Crippen molar-refractivity contribution in [3.8, 4) is 5.75 Å². The Labute approximate surface area is 161 Å². The molecule has 4 nitrogen and oxygen atoms in total. The molecule has 6 heteroatoms. The summed E-state index contributed by atoms with van der Waals surface area (Å²) in [6.45, 7) is 2.40. The SMILES string of the molecule is CCCC=CCOc1cccc(CC(=O)Nc2ccc3ncsc3c2)c1F. The molecule has 0 atom stereocenters. The summed E-state index contributed by atoms with van der Waals surface area (Å²) >= 11 is 1.50. The van der Waals surface area contributed by atoms with E-state index in [1.807, 2.05) is 24.3 Å². The van der Waals surface area contributed by atoms with Gasteiger partial charge < -0.3 is 10.1 Å². The summed E-state index contributed by atoms with van der Waals surface area (Å²) in [6, 6.07) is 10.4. The number of aromatic nitrogens is 1. The highest BCUT2D eigenvalue weighted by Gasteiger charge is 2.13. The van der Waals surface area contributed by atoms with Crippen LogP contribution in [0.5, 0.6) is 5.75 Å². The fraction of sp³-hybridized carbons (Fsp3) is 0.238. The van der Waals surface area contributed by atoms with Crippen molar-refractivity contribution in [1.82, 2.24) is 4.98 Å². The van der Waals surface area contributed by atoms with Crippen molar-refractivity contribution in [2.24, 2.45) is 0 Å². The fourth-order valence-corrected chi connectivity index (χ4v) is 3.32. The van der Waals surface area contributed by atoms with E-state index in [4.69, 9.17) is 4.74 Å². The maximum absolute atomic E-state index is 14.6. The molecule has 0 saturated heterocycles. The second kappa shape index (κ2) is 9.28. The largest absolute Gasteiger partial charge is 0.486 e. The van der Waals surface area contributed by atoms with Gasteiger partial charge in [-0.25, -0.2) is 9.37 Å². The van der Waals surface area contributed by atoms with Crippen LogP contribution in [0.2, 0.25) is 0 Å². The second-order valence-electron chi connectivity index (χ2n) is 6.06. The molecule has 1 heterocycles. The van der Waals surface area contributed by atoms with Gasteiger partial charge in [0, 0.05) is 11.3 Å². The van der Waals surface area contributed by atoms with Gasteiger partial charge in [0.2, 0.25) is 5.91 Å². The minimum absolute atomic E-state index is 0.0601. The van der Waals surface area contributed by atoms with Gasteiger partial charge >= 0.3 is 0 Å². The number of rotatable bonds is 8. The van der Waals surface area contributed by atoms with E-state index in [2.05, 4.69) is 17.2 Å². The lowest BCUT2D eigenvalue weighted by Crippen LogP contribution is -2.15. The molecule has 3 aromatic rings. The van der Waals surface area contributed by atoms with Crippen molar-refractivity contribution in [2.45, 2.75) is 26.2 Å². The van der Waals surface area contributed by atoms with Crippen molar-refractivity contribution in [1.29, 1.82) is 0 Å². The molecule has 3 rings (SSSR count). The van der Waals surface area contributed by atoms with Crippen LogP contribution in [0.25, 0.3) is 10.2 Å². The van der Waals surface area contributed by atoms with Crippen molar-refractivity contribution in [3.05, 3.63) is 65.4 Å². The first-order valence-corrected chi connectivity index (χ1v) is 9.73. The van der Waals surface area contributed by atoms with Crippen molar-refractivity contribution >= 4 is 33.1 Å². The summed E-state index contributed by atoms with van der Waals surface area (Å²) in [5.74, 6) is -0.611. The van der Waals surface area contributed by atoms with E-state index in [1.165, 1.54) is 11.3 Å². The molecule has 1 aromatic heterocycles. The number of hydrogen-bond acceptors (Lipinski definition) is 4. The molecule has 0 fully saturated rings. The number of thiazole rings is 1. The van der Waals surface area contributed by atoms with Gasteiger partial charge in [0.15, 0.2) is 11.6 Å². The number of hydrogen-bond donors (Lipinski definition) is 1. The number of nitrogens with one attached hydrogen (secondary N) is 1. The number of ether oxygens (including phenoxy) is 1. The highest BCUT2D eigenvalue weighted by Crippen LogP contribution is 2.23. The molecule has 1 N–H and O–H groups in total. The number of fused-ring (bicyclic) bond motifs is 1. The number of amides is 1. The van der Waals surface area contributed by atoms with Gasteiger partial charge in [0.05, 0.1) is 22.1 Å². The number of carbonyl (C=O) groups excluding carboxylic acids is 1. The van der Waals surface area contributed by atoms with Crippen LogP contribution in [0, 0.1) is 5.82 Å². The van der Waals surface area contributed by atoms with E-state index >= 15 is 0 Å². The summed E-state index contributed by atoms with van der Waals surface area (Å²) in [6.07, 6.45) is 5.85. The van der Waals surface area contributed by atoms with Crippen LogP contribution in [-0.2, 0) is 11.2 Å². The summed E-state index contributed by atoms with van der Waals surface area (Å²) in [4.78, 5) is 16.5. The van der Waals surface area contributed by atoms with Gasteiger partial charge in [-0.3, -0.25) is 4.79 Å². The van der Waals surface area contributed by atoms with E-state index in [-0.39, 0.29) is 18.1 Å². The lowest BCUT2D eigenvalue weighted by Gasteiger charge is -2.10. The van der Waals surface area contributed by atoms with Crippen LogP contribution in [0.1, 0.15) is 25.3 Å². The highest BCUT2D eigenvalue weighted by atomic mass is 32.1. The summed E-state index contributed by atoms with van der Waals surface area (Å²) in [5.41, 5.74) is 3.63. The van der Waals surface area contributed by atoms with Crippen LogP contribution in [0.4, 0.5) is 10.1 Å². The smallest absolute Gasteiger partial charge is 0.228 e. The van der Waals surface area contributed by atoms with E-state index in [9.17, 15) is 9.18 Å². The lowest BCUT2D eigenvalue weighted by molar-refractivity contribution is -0.115. The molecule has 0 bridgehead atoms. The molecule has 0 spiro atoms. The summed E-state index contributed by atoms with van der Waals surface area (Å²) in [5, 5.41) is 2.81. The molecule has 27 heavy (non-hydrogen) atoms. The van der Waals surface area contributed by atoms with Crippen LogP contribution in [0.15, 0.2) is 54.1 Å². The van der Waals surface area contributed by atoms with Crippen LogP contribution in [-0.4, -0.2) is 17.5 Å². The Bertz CT molecular complexity index is 952. The molecule has 0 aliphatic heterocycles. The van der Waals surface area contributed by atoms with Crippen LogP contribution in [0.3, 0.4) is 0 Å². The molecule has 0 unspecified atom stereocenters. The highest BCUT2D eigenvalue weighted by molar-refractivity contribution is 7.16. The van der Waals surface area contributed by atoms with Gasteiger partial charge in [0.25, 0.3) is 0 Å². The zero-order valence-electron chi connectivity index (χ0n) is 15.1. The minimum Gasteiger partial charge on any atom is -0.486 e. The average molecular weight is 384 g/mol. The van der Waals surface area contributed by atoms with Gasteiger partial charge in [-0.15, -0.1) is 11.3 Å². The molecular weight excluding hydrogens is 363 g/mol. The minimum atomic E-state index is -0.491. The number of carbonyl (C=O) groups is 1. The predicted octanol–water partition coefficient (Wildman–Crippen LogP) is 5.35. The van der Waals surface area contributed by atoms with Gasteiger partial charge in [-0.1, -0.05) is 37.6 Å². The van der Waals surface area contributed by atoms with Crippen LogP contribution >= 0.6 is 11.3 Å².